The molecule has 0 bridgehead atoms. The smallest absolute Gasteiger partial charge is 0.292 e. The third-order valence-corrected chi connectivity index (χ3v) is 3.17. The summed E-state index contributed by atoms with van der Waals surface area (Å²) in [7, 11) is 0. The number of anilines is 1. The summed E-state index contributed by atoms with van der Waals surface area (Å²) in [5, 5.41) is 23.7. The average molecular weight is 322 g/mol. The Morgan fingerprint density at radius 1 is 0.955 bits per heavy atom. The highest BCUT2D eigenvalue weighted by atomic mass is 35.5. The number of nitrogens with one attached hydrogen (secondary N) is 1. The van der Waals surface area contributed by atoms with Crippen molar-refractivity contribution in [2.45, 2.75) is 0 Å². The highest BCUT2D eigenvalue weighted by Crippen LogP contribution is 2.29. The lowest BCUT2D eigenvalue weighted by Gasteiger charge is -2.07. The molecule has 0 unspecified atom stereocenters. The number of rotatable bonds is 4. The van der Waals surface area contributed by atoms with Crippen LogP contribution in [0.5, 0.6) is 0 Å². The van der Waals surface area contributed by atoms with Gasteiger partial charge in [-0.2, -0.15) is 0 Å². The van der Waals surface area contributed by atoms with Crippen LogP contribution in [-0.2, 0) is 0 Å². The summed E-state index contributed by atoms with van der Waals surface area (Å²) in [6.07, 6.45) is 0. The molecule has 0 aliphatic carbocycles. The molecule has 0 heterocycles. The molecule has 2 rings (SSSR count). The fraction of sp³-hybridized carbons (Fsp3) is 0. The van der Waals surface area contributed by atoms with E-state index in [1.54, 1.807) is 0 Å². The van der Waals surface area contributed by atoms with Crippen LogP contribution < -0.4 is 5.32 Å². The molecule has 8 nitrogen and oxygen atoms in total. The highest BCUT2D eigenvalue weighted by molar-refractivity contribution is 6.36. The van der Waals surface area contributed by atoms with Crippen molar-refractivity contribution < 1.29 is 14.6 Å². The van der Waals surface area contributed by atoms with Gasteiger partial charge in [0.2, 0.25) is 0 Å². The Balaban J connectivity index is 2.37. The minimum atomic E-state index is -0.775. The Morgan fingerprint density at radius 3 is 2.18 bits per heavy atom. The lowest BCUT2D eigenvalue weighted by atomic mass is 10.1. The lowest BCUT2D eigenvalue weighted by Crippen LogP contribution is -2.14. The molecule has 0 aliphatic heterocycles. The van der Waals surface area contributed by atoms with Crippen LogP contribution >= 0.6 is 11.6 Å². The topological polar surface area (TPSA) is 115 Å². The van der Waals surface area contributed by atoms with Crippen molar-refractivity contribution in [1.82, 2.24) is 0 Å². The van der Waals surface area contributed by atoms with Crippen LogP contribution in [0.1, 0.15) is 10.4 Å². The van der Waals surface area contributed by atoms with E-state index < -0.39 is 21.4 Å². The first kappa shape index (κ1) is 15.4. The molecule has 0 spiro atoms. The van der Waals surface area contributed by atoms with Crippen molar-refractivity contribution in [2.24, 2.45) is 0 Å². The largest absolute Gasteiger partial charge is 0.316 e. The Morgan fingerprint density at radius 2 is 1.55 bits per heavy atom. The van der Waals surface area contributed by atoms with Crippen molar-refractivity contribution >= 4 is 34.6 Å². The number of nitro groups is 2. The molecule has 0 atom stereocenters. The maximum Gasteiger partial charge on any atom is 0.292 e. The molecule has 0 radical (unpaired) electrons. The van der Waals surface area contributed by atoms with Gasteiger partial charge >= 0.3 is 0 Å². The van der Waals surface area contributed by atoms with Gasteiger partial charge < -0.3 is 5.32 Å². The Hall–Kier alpha value is -3.00. The fourth-order valence-corrected chi connectivity index (χ4v) is 2.05. The average Bonchev–Trinajstić information content (AvgIpc) is 2.47. The summed E-state index contributed by atoms with van der Waals surface area (Å²) in [5.41, 5.74) is -0.886. The van der Waals surface area contributed by atoms with Crippen molar-refractivity contribution in [3.05, 3.63) is 73.3 Å². The van der Waals surface area contributed by atoms with Crippen molar-refractivity contribution in [3.63, 3.8) is 0 Å². The quantitative estimate of drug-likeness (QED) is 0.684. The molecule has 0 aliphatic rings. The van der Waals surface area contributed by atoms with Gasteiger partial charge in [0, 0.05) is 12.1 Å². The molecule has 2 aromatic rings. The maximum absolute atomic E-state index is 12.1. The van der Waals surface area contributed by atoms with Crippen LogP contribution in [-0.4, -0.2) is 15.8 Å². The molecule has 0 aromatic heterocycles. The van der Waals surface area contributed by atoms with Crippen molar-refractivity contribution in [1.29, 1.82) is 0 Å². The van der Waals surface area contributed by atoms with Gasteiger partial charge in [0.25, 0.3) is 17.3 Å². The number of halogens is 1. The van der Waals surface area contributed by atoms with E-state index in [2.05, 4.69) is 5.32 Å². The molecule has 0 saturated heterocycles. The predicted molar refractivity (Wildman–Crippen MR) is 79.2 cm³/mol. The first-order valence-electron chi connectivity index (χ1n) is 5.89. The minimum Gasteiger partial charge on any atom is -0.316 e. The first-order chi connectivity index (χ1) is 10.4. The normalized spacial score (nSPS) is 10.0. The minimum absolute atomic E-state index is 0.0277. The van der Waals surface area contributed by atoms with Crippen LogP contribution in [0.3, 0.4) is 0 Å². The first-order valence-corrected chi connectivity index (χ1v) is 6.27. The molecule has 1 N–H and O–H groups in total. The van der Waals surface area contributed by atoms with Crippen LogP contribution in [0.25, 0.3) is 0 Å². The van der Waals surface area contributed by atoms with E-state index in [4.69, 9.17) is 11.6 Å². The van der Waals surface area contributed by atoms with E-state index >= 15 is 0 Å². The number of para-hydroxylation sites is 2. The zero-order valence-corrected chi connectivity index (χ0v) is 11.6. The van der Waals surface area contributed by atoms with Gasteiger partial charge in [0.1, 0.15) is 10.7 Å². The van der Waals surface area contributed by atoms with E-state index in [9.17, 15) is 25.0 Å². The Bertz CT molecular complexity index is 778. The van der Waals surface area contributed by atoms with Crippen LogP contribution in [0.4, 0.5) is 17.1 Å². The summed E-state index contributed by atoms with van der Waals surface area (Å²) in [6, 6.07) is 9.29. The third kappa shape index (κ3) is 3.01. The number of carbonyl (C=O) groups excluding carboxylic acids is 1. The van der Waals surface area contributed by atoms with Crippen LogP contribution in [0, 0.1) is 20.2 Å². The van der Waals surface area contributed by atoms with E-state index in [-0.39, 0.29) is 22.0 Å². The summed E-state index contributed by atoms with van der Waals surface area (Å²) in [4.78, 5) is 32.5. The molecular weight excluding hydrogens is 314 g/mol. The van der Waals surface area contributed by atoms with E-state index in [0.717, 1.165) is 6.07 Å². The summed E-state index contributed by atoms with van der Waals surface area (Å²) in [6.45, 7) is 0. The van der Waals surface area contributed by atoms with Gasteiger partial charge in [-0.15, -0.1) is 0 Å². The molecule has 1 amide bonds. The molecule has 2 aromatic carbocycles. The predicted octanol–water partition coefficient (Wildman–Crippen LogP) is 3.41. The third-order valence-electron chi connectivity index (χ3n) is 2.77. The molecule has 9 heteroatoms. The zero-order valence-electron chi connectivity index (χ0n) is 10.9. The highest BCUT2D eigenvalue weighted by Gasteiger charge is 2.22. The van der Waals surface area contributed by atoms with E-state index in [1.165, 1.54) is 36.4 Å². The number of hydrogen-bond acceptors (Lipinski definition) is 5. The molecule has 0 fully saturated rings. The van der Waals surface area contributed by atoms with Crippen LogP contribution in [0.2, 0.25) is 5.02 Å². The Labute approximate surface area is 128 Å². The zero-order chi connectivity index (χ0) is 16.3. The van der Waals surface area contributed by atoms with Crippen LogP contribution in [0.15, 0.2) is 42.5 Å². The number of nitrogens with zero attached hydrogens (tertiary/aromatic N) is 2. The van der Waals surface area contributed by atoms with Gasteiger partial charge in [-0.25, -0.2) is 0 Å². The van der Waals surface area contributed by atoms with Crippen molar-refractivity contribution in [3.8, 4) is 0 Å². The van der Waals surface area contributed by atoms with E-state index in [1.807, 2.05) is 0 Å². The molecule has 0 saturated carbocycles. The second-order valence-corrected chi connectivity index (χ2v) is 4.50. The number of benzene rings is 2. The second-order valence-electron chi connectivity index (χ2n) is 4.12. The SMILES string of the molecule is O=C(Nc1ccccc1[N+](=O)[O-])c1cccc([N+](=O)[O-])c1Cl. The van der Waals surface area contributed by atoms with Crippen molar-refractivity contribution in [2.75, 3.05) is 5.32 Å². The maximum atomic E-state index is 12.1. The molecule has 22 heavy (non-hydrogen) atoms. The Kier molecular flexibility index (Phi) is 4.33. The monoisotopic (exact) mass is 321 g/mol. The van der Waals surface area contributed by atoms with Gasteiger partial charge in [-0.1, -0.05) is 29.8 Å². The molecule has 112 valence electrons. The van der Waals surface area contributed by atoms with Gasteiger partial charge in [0.15, 0.2) is 0 Å². The summed E-state index contributed by atoms with van der Waals surface area (Å²) >= 11 is 5.83. The second kappa shape index (κ2) is 6.19. The van der Waals surface area contributed by atoms with Gasteiger partial charge in [-0.05, 0) is 12.1 Å². The molecular formula is C13H8ClN3O5. The van der Waals surface area contributed by atoms with Gasteiger partial charge in [0.05, 0.1) is 15.4 Å². The number of nitro benzene ring substituents is 2. The number of carbonyl (C=O) groups is 1. The van der Waals surface area contributed by atoms with Gasteiger partial charge in [-0.3, -0.25) is 25.0 Å². The summed E-state index contributed by atoms with van der Waals surface area (Å²) in [5.74, 6) is -0.775. The standard InChI is InChI=1S/C13H8ClN3O5/c14-12-8(4-3-7-11(12)17(21)22)13(18)15-9-5-1-2-6-10(9)16(19)20/h1-7H,(H,15,18). The van der Waals surface area contributed by atoms with E-state index in [0.29, 0.717) is 0 Å². The lowest BCUT2D eigenvalue weighted by molar-refractivity contribution is -0.384. The number of hydrogen-bond donors (Lipinski definition) is 1. The fourth-order valence-electron chi connectivity index (χ4n) is 1.76. The summed E-state index contributed by atoms with van der Waals surface area (Å²) < 4.78 is 0. The number of amides is 1.